The van der Waals surface area contributed by atoms with E-state index in [1.807, 2.05) is 0 Å². The van der Waals surface area contributed by atoms with Crippen molar-refractivity contribution in [3.05, 3.63) is 114 Å². The van der Waals surface area contributed by atoms with E-state index >= 15 is 0 Å². The Labute approximate surface area is 196 Å². The van der Waals surface area contributed by atoms with Gasteiger partial charge in [-0.15, -0.1) is 0 Å². The van der Waals surface area contributed by atoms with Gasteiger partial charge in [0, 0.05) is 33.1 Å². The third kappa shape index (κ3) is 2.24. The maximum Gasteiger partial charge on any atom is 0.294 e. The predicted octanol–water partition coefficient (Wildman–Crippen LogP) is 4.03. The number of rotatable bonds is 3. The summed E-state index contributed by atoms with van der Waals surface area (Å²) in [7, 11) is 0. The van der Waals surface area contributed by atoms with Crippen molar-refractivity contribution in [2.75, 3.05) is 4.90 Å². The molecule has 9 nitrogen and oxygen atoms in total. The molecule has 1 aliphatic heterocycles. The first kappa shape index (κ1) is 20.5. The highest BCUT2D eigenvalue weighted by molar-refractivity contribution is 6.31. The number of amides is 2. The SMILES string of the molecule is O=C1[C@H]2C3c4ccccc4C([N+](=O)[O-])(c4ccccc43)[C@H]2C(=O)N1c1ccc(Cl)cc1[N+](=O)[O-]. The quantitative estimate of drug-likeness (QED) is 0.320. The van der Waals surface area contributed by atoms with E-state index in [-0.39, 0.29) is 10.7 Å². The molecule has 2 atom stereocenters. The average Bonchev–Trinajstić information content (AvgIpc) is 3.09. The van der Waals surface area contributed by atoms with Gasteiger partial charge in [0.25, 0.3) is 11.2 Å². The number of anilines is 1. The highest BCUT2D eigenvalue weighted by atomic mass is 35.5. The first-order chi connectivity index (χ1) is 16.3. The Balaban J connectivity index is 1.66. The fraction of sp³-hybridized carbons (Fsp3) is 0.167. The molecule has 168 valence electrons. The van der Waals surface area contributed by atoms with Crippen LogP contribution in [0.2, 0.25) is 5.02 Å². The monoisotopic (exact) mass is 475 g/mol. The highest BCUT2D eigenvalue weighted by Gasteiger charge is 2.75. The lowest BCUT2D eigenvalue weighted by Crippen LogP contribution is -2.57. The Morgan fingerprint density at radius 3 is 2.00 bits per heavy atom. The van der Waals surface area contributed by atoms with Gasteiger partial charge in [0.15, 0.2) is 0 Å². The van der Waals surface area contributed by atoms with E-state index in [9.17, 15) is 29.8 Å². The van der Waals surface area contributed by atoms with Gasteiger partial charge in [0.2, 0.25) is 11.8 Å². The van der Waals surface area contributed by atoms with E-state index in [1.165, 1.54) is 12.1 Å². The van der Waals surface area contributed by atoms with Crippen LogP contribution in [0.1, 0.15) is 28.2 Å². The summed E-state index contributed by atoms with van der Waals surface area (Å²) in [5.74, 6) is -4.53. The van der Waals surface area contributed by atoms with Crippen LogP contribution in [0.15, 0.2) is 66.7 Å². The summed E-state index contributed by atoms with van der Waals surface area (Å²) < 4.78 is 0. The van der Waals surface area contributed by atoms with Gasteiger partial charge in [-0.1, -0.05) is 60.1 Å². The zero-order valence-corrected chi connectivity index (χ0v) is 18.0. The van der Waals surface area contributed by atoms with E-state index in [4.69, 9.17) is 11.6 Å². The van der Waals surface area contributed by atoms with Crippen LogP contribution in [0, 0.1) is 32.1 Å². The molecular formula is C24H14ClN3O6. The fourth-order valence-corrected chi connectivity index (χ4v) is 6.28. The maximum absolute atomic E-state index is 13.9. The molecule has 0 N–H and O–H groups in total. The first-order valence-electron chi connectivity index (χ1n) is 10.4. The molecule has 0 aromatic heterocycles. The molecule has 3 aromatic carbocycles. The van der Waals surface area contributed by atoms with E-state index < -0.39 is 50.6 Å². The van der Waals surface area contributed by atoms with Crippen LogP contribution in [-0.2, 0) is 15.1 Å². The number of nitrogens with zero attached hydrogens (tertiary/aromatic N) is 3. The standard InChI is InChI=1S/C24H14ClN3O6/c25-12-9-10-17(18(11-12)27(31)32)26-22(29)20-19-13-5-1-3-7-15(13)24(28(33)34,21(20)23(26)30)16-8-4-2-6-14(16)19/h1-11,19-21H/t19?,20-,21+,24?/m0/s1. The molecular weight excluding hydrogens is 462 g/mol. The molecule has 0 spiro atoms. The molecule has 4 aliphatic rings. The Morgan fingerprint density at radius 2 is 1.44 bits per heavy atom. The van der Waals surface area contributed by atoms with Crippen LogP contribution in [0.5, 0.6) is 0 Å². The summed E-state index contributed by atoms with van der Waals surface area (Å²) in [5, 5.41) is 24.7. The zero-order valence-electron chi connectivity index (χ0n) is 17.3. The van der Waals surface area contributed by atoms with Gasteiger partial charge in [0.05, 0.1) is 10.8 Å². The second-order valence-corrected chi connectivity index (χ2v) is 9.02. The van der Waals surface area contributed by atoms with Crippen molar-refractivity contribution in [1.82, 2.24) is 0 Å². The smallest absolute Gasteiger partial charge is 0.274 e. The van der Waals surface area contributed by atoms with Gasteiger partial charge in [0.1, 0.15) is 11.6 Å². The Kier molecular flexibility index (Phi) is 4.04. The highest BCUT2D eigenvalue weighted by Crippen LogP contribution is 2.64. The van der Waals surface area contributed by atoms with Crippen molar-refractivity contribution in [3.63, 3.8) is 0 Å². The topological polar surface area (TPSA) is 124 Å². The van der Waals surface area contributed by atoms with Crippen LogP contribution < -0.4 is 4.90 Å². The van der Waals surface area contributed by atoms with Crippen LogP contribution in [0.3, 0.4) is 0 Å². The maximum atomic E-state index is 13.9. The number of carbonyl (C=O) groups is 2. The minimum absolute atomic E-state index is 0.0635. The third-order valence-corrected chi connectivity index (χ3v) is 7.47. The molecule has 34 heavy (non-hydrogen) atoms. The van der Waals surface area contributed by atoms with Gasteiger partial charge >= 0.3 is 0 Å². The number of benzene rings is 3. The van der Waals surface area contributed by atoms with Gasteiger partial charge < -0.3 is 0 Å². The largest absolute Gasteiger partial charge is 0.294 e. The third-order valence-electron chi connectivity index (χ3n) is 7.24. The summed E-state index contributed by atoms with van der Waals surface area (Å²) in [6.45, 7) is 0. The second-order valence-electron chi connectivity index (χ2n) is 8.58. The van der Waals surface area contributed by atoms with E-state index in [0.29, 0.717) is 22.3 Å². The number of halogens is 1. The van der Waals surface area contributed by atoms with Crippen molar-refractivity contribution in [2.45, 2.75) is 11.5 Å². The molecule has 7 rings (SSSR count). The van der Waals surface area contributed by atoms with Gasteiger partial charge in [-0.2, -0.15) is 0 Å². The van der Waals surface area contributed by atoms with Gasteiger partial charge in [-0.05, 0) is 23.3 Å². The lowest BCUT2D eigenvalue weighted by molar-refractivity contribution is -0.578. The lowest BCUT2D eigenvalue weighted by atomic mass is 9.51. The first-order valence-corrected chi connectivity index (χ1v) is 10.8. The van der Waals surface area contributed by atoms with Gasteiger partial charge in [-0.25, -0.2) is 4.90 Å². The van der Waals surface area contributed by atoms with Crippen molar-refractivity contribution in [2.24, 2.45) is 11.8 Å². The summed E-state index contributed by atoms with van der Waals surface area (Å²) in [6.07, 6.45) is 0. The summed E-state index contributed by atoms with van der Waals surface area (Å²) >= 11 is 5.92. The minimum atomic E-state index is -1.99. The molecule has 0 saturated carbocycles. The number of nitro benzene ring substituents is 1. The van der Waals surface area contributed by atoms with E-state index in [1.54, 1.807) is 48.5 Å². The summed E-state index contributed by atoms with van der Waals surface area (Å²) in [6, 6.07) is 17.2. The van der Waals surface area contributed by atoms with Crippen molar-refractivity contribution in [1.29, 1.82) is 0 Å². The van der Waals surface area contributed by atoms with Crippen LogP contribution >= 0.6 is 11.6 Å². The zero-order chi connectivity index (χ0) is 23.9. The molecule has 1 heterocycles. The fourth-order valence-electron chi connectivity index (χ4n) is 6.11. The molecule has 2 amide bonds. The van der Waals surface area contributed by atoms with Gasteiger partial charge in [-0.3, -0.25) is 29.8 Å². The molecule has 10 heteroatoms. The molecule has 2 bridgehead atoms. The normalized spacial score (nSPS) is 26.1. The van der Waals surface area contributed by atoms with Crippen LogP contribution in [-0.4, -0.2) is 21.7 Å². The van der Waals surface area contributed by atoms with E-state index in [0.717, 1.165) is 11.0 Å². The molecule has 0 unspecified atom stereocenters. The minimum Gasteiger partial charge on any atom is -0.274 e. The number of imide groups is 1. The van der Waals surface area contributed by atoms with Crippen molar-refractivity contribution in [3.8, 4) is 0 Å². The molecule has 1 fully saturated rings. The number of nitro groups is 2. The second kappa shape index (κ2) is 6.71. The molecule has 0 radical (unpaired) electrons. The Hall–Kier alpha value is -4.11. The van der Waals surface area contributed by atoms with Crippen molar-refractivity contribution >= 4 is 34.8 Å². The lowest BCUT2D eigenvalue weighted by Gasteiger charge is -2.48. The van der Waals surface area contributed by atoms with Crippen LogP contribution in [0.4, 0.5) is 11.4 Å². The molecule has 3 aliphatic carbocycles. The Morgan fingerprint density at radius 1 is 0.853 bits per heavy atom. The number of hydrogen-bond donors (Lipinski definition) is 0. The van der Waals surface area contributed by atoms with Crippen LogP contribution in [0.25, 0.3) is 0 Å². The van der Waals surface area contributed by atoms with E-state index in [2.05, 4.69) is 0 Å². The summed E-state index contributed by atoms with van der Waals surface area (Å²) in [5.41, 5.74) is -0.775. The summed E-state index contributed by atoms with van der Waals surface area (Å²) in [4.78, 5) is 51.8. The average molecular weight is 476 g/mol. The predicted molar refractivity (Wildman–Crippen MR) is 120 cm³/mol. The van der Waals surface area contributed by atoms with Crippen molar-refractivity contribution < 1.29 is 19.4 Å². The number of carbonyl (C=O) groups excluding carboxylic acids is 2. The molecule has 1 saturated heterocycles. The molecule has 3 aromatic rings. The number of hydrogen-bond acceptors (Lipinski definition) is 6. The Bertz CT molecular complexity index is 1420.